The fraction of sp³-hybridized carbons (Fsp3) is 0.312. The molecule has 1 aromatic heterocycles. The van der Waals surface area contributed by atoms with Crippen LogP contribution < -0.4 is 10.9 Å². The average molecular weight is 301 g/mol. The van der Waals surface area contributed by atoms with E-state index < -0.39 is 0 Å². The summed E-state index contributed by atoms with van der Waals surface area (Å²) in [5.74, 6) is 0.0403. The lowest BCUT2D eigenvalue weighted by atomic mass is 10.2. The maximum Gasteiger partial charge on any atom is 0.338 e. The number of carbonyl (C=O) groups excluding carboxylic acids is 1. The van der Waals surface area contributed by atoms with Gasteiger partial charge < -0.3 is 10.1 Å². The number of rotatable bonds is 6. The molecule has 0 aliphatic rings. The zero-order valence-corrected chi connectivity index (χ0v) is 12.7. The van der Waals surface area contributed by atoms with Crippen LogP contribution in [0.3, 0.4) is 0 Å². The van der Waals surface area contributed by atoms with Gasteiger partial charge in [0.25, 0.3) is 5.56 Å². The third-order valence-electron chi connectivity index (χ3n) is 2.98. The number of carbonyl (C=O) groups is 1. The highest BCUT2D eigenvalue weighted by Crippen LogP contribution is 2.14. The fourth-order valence-electron chi connectivity index (χ4n) is 1.85. The molecule has 1 heterocycles. The van der Waals surface area contributed by atoms with Gasteiger partial charge >= 0.3 is 5.97 Å². The number of ether oxygens (including phenoxy) is 1. The third-order valence-corrected chi connectivity index (χ3v) is 2.98. The largest absolute Gasteiger partial charge is 0.462 e. The number of benzene rings is 1. The van der Waals surface area contributed by atoms with Gasteiger partial charge in [0.1, 0.15) is 0 Å². The molecule has 2 rings (SSSR count). The first-order valence-electron chi connectivity index (χ1n) is 7.26. The van der Waals surface area contributed by atoms with Crippen molar-refractivity contribution in [1.29, 1.82) is 0 Å². The predicted octanol–water partition coefficient (Wildman–Crippen LogP) is 2.64. The van der Waals surface area contributed by atoms with Gasteiger partial charge in [-0.25, -0.2) is 9.78 Å². The second-order valence-electron chi connectivity index (χ2n) is 4.78. The molecule has 2 aromatic rings. The van der Waals surface area contributed by atoms with E-state index in [1.54, 1.807) is 24.3 Å². The Morgan fingerprint density at radius 2 is 2.00 bits per heavy atom. The number of aryl methyl sites for hydroxylation is 1. The summed E-state index contributed by atoms with van der Waals surface area (Å²) in [5.41, 5.74) is 1.73. The first kappa shape index (κ1) is 15.8. The van der Waals surface area contributed by atoms with Gasteiger partial charge in [0, 0.05) is 17.4 Å². The Labute approximate surface area is 128 Å². The predicted molar refractivity (Wildman–Crippen MR) is 84.5 cm³/mol. The van der Waals surface area contributed by atoms with E-state index in [0.29, 0.717) is 30.2 Å². The van der Waals surface area contributed by atoms with E-state index >= 15 is 0 Å². The quantitative estimate of drug-likeness (QED) is 0.801. The van der Waals surface area contributed by atoms with E-state index in [9.17, 15) is 9.59 Å². The smallest absolute Gasteiger partial charge is 0.338 e. The zero-order valence-electron chi connectivity index (χ0n) is 12.7. The Balaban J connectivity index is 2.09. The van der Waals surface area contributed by atoms with Crippen LogP contribution in [0.2, 0.25) is 0 Å². The van der Waals surface area contributed by atoms with Crippen LogP contribution >= 0.6 is 0 Å². The van der Waals surface area contributed by atoms with Crippen molar-refractivity contribution in [3.8, 4) is 0 Å². The van der Waals surface area contributed by atoms with Crippen LogP contribution in [0.4, 0.5) is 11.6 Å². The van der Waals surface area contributed by atoms with E-state index in [-0.39, 0.29) is 11.5 Å². The number of H-pyrrole nitrogens is 1. The van der Waals surface area contributed by atoms with Crippen LogP contribution in [0.1, 0.15) is 36.3 Å². The van der Waals surface area contributed by atoms with Crippen molar-refractivity contribution in [3.63, 3.8) is 0 Å². The molecular formula is C16H19N3O3. The van der Waals surface area contributed by atoms with Gasteiger partial charge in [-0.15, -0.1) is 0 Å². The highest BCUT2D eigenvalue weighted by atomic mass is 16.5. The summed E-state index contributed by atoms with van der Waals surface area (Å²) < 4.78 is 5.06. The van der Waals surface area contributed by atoms with Crippen molar-refractivity contribution in [2.75, 3.05) is 11.9 Å². The average Bonchev–Trinajstić information content (AvgIpc) is 2.52. The monoisotopic (exact) mass is 301 g/mol. The molecule has 0 unspecified atom stereocenters. The molecule has 116 valence electrons. The zero-order chi connectivity index (χ0) is 15.9. The molecule has 0 aliphatic heterocycles. The van der Waals surface area contributed by atoms with E-state index in [2.05, 4.69) is 15.3 Å². The molecule has 0 atom stereocenters. The van der Waals surface area contributed by atoms with Gasteiger partial charge in [-0.1, -0.05) is 13.8 Å². The van der Waals surface area contributed by atoms with Crippen molar-refractivity contribution in [2.24, 2.45) is 0 Å². The SMILES string of the molecule is CCCOC(=O)c1ccc(Nc2nc(CC)cc(=O)[nH]2)cc1. The minimum Gasteiger partial charge on any atom is -0.462 e. The number of hydrogen-bond acceptors (Lipinski definition) is 5. The Hall–Kier alpha value is -2.63. The second-order valence-corrected chi connectivity index (χ2v) is 4.78. The molecule has 2 N–H and O–H groups in total. The number of nitrogens with one attached hydrogen (secondary N) is 2. The molecule has 0 saturated carbocycles. The second kappa shape index (κ2) is 7.40. The molecule has 0 amide bonds. The van der Waals surface area contributed by atoms with E-state index in [4.69, 9.17) is 4.74 Å². The van der Waals surface area contributed by atoms with Crippen molar-refractivity contribution in [3.05, 3.63) is 51.9 Å². The van der Waals surface area contributed by atoms with Crippen molar-refractivity contribution < 1.29 is 9.53 Å². The molecule has 1 aromatic carbocycles. The Morgan fingerprint density at radius 3 is 2.64 bits per heavy atom. The van der Waals surface area contributed by atoms with Gasteiger partial charge in [-0.05, 0) is 37.1 Å². The molecule has 0 fully saturated rings. The summed E-state index contributed by atoms with van der Waals surface area (Å²) in [6.45, 7) is 4.29. The van der Waals surface area contributed by atoms with Crippen molar-refractivity contribution >= 4 is 17.6 Å². The third kappa shape index (κ3) is 4.18. The number of esters is 1. The molecule has 0 aliphatic carbocycles. The van der Waals surface area contributed by atoms with Crippen LogP contribution in [0.5, 0.6) is 0 Å². The summed E-state index contributed by atoms with van der Waals surface area (Å²) in [7, 11) is 0. The van der Waals surface area contributed by atoms with Gasteiger partial charge in [-0.3, -0.25) is 9.78 Å². The Bertz CT molecular complexity index is 693. The standard InChI is InChI=1S/C16H19N3O3/c1-3-9-22-15(21)11-5-7-13(8-6-11)18-16-17-12(4-2)10-14(20)19-16/h5-8,10H,3-4,9H2,1-2H3,(H2,17,18,19,20). The lowest BCUT2D eigenvalue weighted by molar-refractivity contribution is 0.0505. The lowest BCUT2D eigenvalue weighted by Gasteiger charge is -2.07. The first-order chi connectivity index (χ1) is 10.6. The van der Waals surface area contributed by atoms with Crippen LogP contribution in [0, 0.1) is 0 Å². The Morgan fingerprint density at radius 1 is 1.27 bits per heavy atom. The molecule has 6 heteroatoms. The maximum absolute atomic E-state index is 11.7. The summed E-state index contributed by atoms with van der Waals surface area (Å²) in [6.07, 6.45) is 1.47. The molecule has 22 heavy (non-hydrogen) atoms. The first-order valence-corrected chi connectivity index (χ1v) is 7.26. The molecule has 6 nitrogen and oxygen atoms in total. The summed E-state index contributed by atoms with van der Waals surface area (Å²) in [4.78, 5) is 30.1. The van der Waals surface area contributed by atoms with E-state index in [0.717, 1.165) is 12.1 Å². The van der Waals surface area contributed by atoms with E-state index in [1.165, 1.54) is 6.07 Å². The lowest BCUT2D eigenvalue weighted by Crippen LogP contribution is -2.11. The normalized spacial score (nSPS) is 10.3. The Kier molecular flexibility index (Phi) is 5.30. The summed E-state index contributed by atoms with van der Waals surface area (Å²) >= 11 is 0. The molecular weight excluding hydrogens is 282 g/mol. The topological polar surface area (TPSA) is 84.1 Å². The minimum absolute atomic E-state index is 0.200. The van der Waals surface area contributed by atoms with Gasteiger partial charge in [-0.2, -0.15) is 0 Å². The van der Waals surface area contributed by atoms with Crippen LogP contribution in [-0.4, -0.2) is 22.5 Å². The number of anilines is 2. The van der Waals surface area contributed by atoms with Gasteiger partial charge in [0.15, 0.2) is 0 Å². The highest BCUT2D eigenvalue weighted by molar-refractivity contribution is 5.89. The van der Waals surface area contributed by atoms with Crippen LogP contribution in [-0.2, 0) is 11.2 Å². The molecule has 0 bridgehead atoms. The van der Waals surface area contributed by atoms with Crippen molar-refractivity contribution in [1.82, 2.24) is 9.97 Å². The highest BCUT2D eigenvalue weighted by Gasteiger charge is 2.07. The summed E-state index contributed by atoms with van der Waals surface area (Å²) in [6, 6.07) is 8.28. The number of hydrogen-bond donors (Lipinski definition) is 2. The fourth-order valence-corrected chi connectivity index (χ4v) is 1.85. The van der Waals surface area contributed by atoms with Crippen LogP contribution in [0.15, 0.2) is 35.1 Å². The summed E-state index contributed by atoms with van der Waals surface area (Å²) in [5, 5.41) is 3.01. The van der Waals surface area contributed by atoms with Gasteiger partial charge in [0.2, 0.25) is 5.95 Å². The molecule has 0 saturated heterocycles. The number of nitrogens with zero attached hydrogens (tertiary/aromatic N) is 1. The van der Waals surface area contributed by atoms with Crippen LogP contribution in [0.25, 0.3) is 0 Å². The number of aromatic nitrogens is 2. The minimum atomic E-state index is -0.340. The van der Waals surface area contributed by atoms with Crippen molar-refractivity contribution in [2.45, 2.75) is 26.7 Å². The van der Waals surface area contributed by atoms with E-state index in [1.807, 2.05) is 13.8 Å². The molecule has 0 radical (unpaired) electrons. The molecule has 0 spiro atoms. The maximum atomic E-state index is 11.7. The van der Waals surface area contributed by atoms with Gasteiger partial charge in [0.05, 0.1) is 12.2 Å². The number of aromatic amines is 1.